The van der Waals surface area contributed by atoms with E-state index in [1.165, 1.54) is 6.08 Å². The van der Waals surface area contributed by atoms with Gasteiger partial charge in [-0.2, -0.15) is 0 Å². The molecule has 2 N–H and O–H groups in total. The molecule has 76 valence electrons. The second-order valence-electron chi connectivity index (χ2n) is 3.91. The van der Waals surface area contributed by atoms with Crippen LogP contribution in [-0.4, -0.2) is 29.8 Å². The number of Topliss-reactive ketones (excluding diaryl/α,β-unsaturated/α-hetero) is 1. The molecule has 0 unspecified atom stereocenters. The van der Waals surface area contributed by atoms with E-state index in [0.717, 1.165) is 19.3 Å². The van der Waals surface area contributed by atoms with Crippen LogP contribution in [0.1, 0.15) is 19.3 Å². The summed E-state index contributed by atoms with van der Waals surface area (Å²) in [4.78, 5) is 23.0. The van der Waals surface area contributed by atoms with Gasteiger partial charge in [0.05, 0.1) is 6.54 Å². The molecule has 14 heavy (non-hydrogen) atoms. The Morgan fingerprint density at radius 3 is 3.21 bits per heavy atom. The summed E-state index contributed by atoms with van der Waals surface area (Å²) >= 11 is 0. The van der Waals surface area contributed by atoms with Crippen molar-refractivity contribution in [2.24, 2.45) is 0 Å². The smallest absolute Gasteiger partial charge is 0.244 e. The quantitative estimate of drug-likeness (QED) is 0.596. The normalized spacial score (nSPS) is 35.4. The molecule has 2 rings (SSSR count). The summed E-state index contributed by atoms with van der Waals surface area (Å²) in [5, 5.41) is 5.92. The average Bonchev–Trinajstić information content (AvgIpc) is 2.68. The number of amides is 1. The lowest BCUT2D eigenvalue weighted by Gasteiger charge is -2.27. The number of carbonyl (C=O) groups excluding carboxylic acids is 2. The van der Waals surface area contributed by atoms with Crippen LogP contribution in [0, 0.1) is 0 Å². The van der Waals surface area contributed by atoms with Crippen molar-refractivity contribution in [3.8, 4) is 0 Å². The largest absolute Gasteiger partial charge is 0.338 e. The van der Waals surface area contributed by atoms with Crippen molar-refractivity contribution >= 4 is 11.7 Å². The number of hydrogen-bond acceptors (Lipinski definition) is 3. The van der Waals surface area contributed by atoms with E-state index in [0.29, 0.717) is 6.54 Å². The number of fused-ring (bicyclic) bond motifs is 1. The third kappa shape index (κ3) is 1.18. The van der Waals surface area contributed by atoms with Gasteiger partial charge in [0.2, 0.25) is 5.91 Å². The Bertz CT molecular complexity index is 300. The van der Waals surface area contributed by atoms with Crippen LogP contribution in [0.2, 0.25) is 0 Å². The highest BCUT2D eigenvalue weighted by atomic mass is 16.2. The first-order valence-electron chi connectivity index (χ1n) is 4.90. The maximum absolute atomic E-state index is 11.7. The van der Waals surface area contributed by atoms with E-state index in [-0.39, 0.29) is 17.7 Å². The Morgan fingerprint density at radius 1 is 1.71 bits per heavy atom. The van der Waals surface area contributed by atoms with E-state index in [1.54, 1.807) is 0 Å². The number of carbonyl (C=O) groups is 2. The third-order valence-electron chi connectivity index (χ3n) is 3.20. The van der Waals surface area contributed by atoms with Gasteiger partial charge in [-0.1, -0.05) is 6.58 Å². The van der Waals surface area contributed by atoms with Crippen LogP contribution < -0.4 is 10.6 Å². The number of rotatable bonds is 2. The first kappa shape index (κ1) is 9.40. The predicted molar refractivity (Wildman–Crippen MR) is 51.7 cm³/mol. The topological polar surface area (TPSA) is 58.2 Å². The van der Waals surface area contributed by atoms with Gasteiger partial charge in [-0.25, -0.2) is 0 Å². The molecule has 0 aromatic rings. The molecule has 0 aromatic carbocycles. The standard InChI is InChI=1S/C10H14N2O2/c1-2-9(14)12-10-5-3-4-7(10)11-6-8(10)13/h2,7,11H,1,3-6H2,(H,12,14)/t7-,10-/m1/s1. The van der Waals surface area contributed by atoms with Crippen LogP contribution in [0.3, 0.4) is 0 Å². The zero-order valence-corrected chi connectivity index (χ0v) is 8.01. The molecular formula is C10H14N2O2. The lowest BCUT2D eigenvalue weighted by molar-refractivity contribution is -0.127. The van der Waals surface area contributed by atoms with Crippen molar-refractivity contribution in [3.05, 3.63) is 12.7 Å². The van der Waals surface area contributed by atoms with Gasteiger partial charge in [0, 0.05) is 6.04 Å². The van der Waals surface area contributed by atoms with Gasteiger partial charge >= 0.3 is 0 Å². The summed E-state index contributed by atoms with van der Waals surface area (Å²) in [5.41, 5.74) is -0.634. The van der Waals surface area contributed by atoms with Gasteiger partial charge in [-0.05, 0) is 25.3 Å². The summed E-state index contributed by atoms with van der Waals surface area (Å²) in [7, 11) is 0. The van der Waals surface area contributed by atoms with Crippen molar-refractivity contribution in [2.45, 2.75) is 30.8 Å². The summed E-state index contributed by atoms with van der Waals surface area (Å²) < 4.78 is 0. The van der Waals surface area contributed by atoms with E-state index in [9.17, 15) is 9.59 Å². The highest BCUT2D eigenvalue weighted by Gasteiger charge is 2.53. The summed E-state index contributed by atoms with van der Waals surface area (Å²) in [5.74, 6) is -0.149. The zero-order chi connectivity index (χ0) is 10.2. The SMILES string of the molecule is C=CC(=O)N[C@]12CCC[C@H]1NCC2=O. The molecule has 1 saturated heterocycles. The average molecular weight is 194 g/mol. The first-order valence-corrected chi connectivity index (χ1v) is 4.90. The lowest BCUT2D eigenvalue weighted by atomic mass is 9.92. The Kier molecular flexibility index (Phi) is 2.15. The number of nitrogens with one attached hydrogen (secondary N) is 2. The molecule has 2 atom stereocenters. The van der Waals surface area contributed by atoms with E-state index in [4.69, 9.17) is 0 Å². The van der Waals surface area contributed by atoms with Crippen LogP contribution in [0.4, 0.5) is 0 Å². The van der Waals surface area contributed by atoms with E-state index >= 15 is 0 Å². The Balaban J connectivity index is 2.22. The highest BCUT2D eigenvalue weighted by molar-refractivity contribution is 5.99. The predicted octanol–water partition coefficient (Wildman–Crippen LogP) is -0.248. The van der Waals surface area contributed by atoms with Crippen molar-refractivity contribution in [1.82, 2.24) is 10.6 Å². The van der Waals surface area contributed by atoms with E-state index in [1.807, 2.05) is 0 Å². The van der Waals surface area contributed by atoms with Gasteiger partial charge in [0.1, 0.15) is 5.54 Å². The summed E-state index contributed by atoms with van der Waals surface area (Å²) in [6.45, 7) is 3.77. The van der Waals surface area contributed by atoms with Gasteiger partial charge in [0.15, 0.2) is 5.78 Å². The van der Waals surface area contributed by atoms with Crippen LogP contribution in [0.5, 0.6) is 0 Å². The molecule has 1 saturated carbocycles. The van der Waals surface area contributed by atoms with Crippen LogP contribution in [-0.2, 0) is 9.59 Å². The molecule has 0 bridgehead atoms. The summed E-state index contributed by atoms with van der Waals surface area (Å²) in [6, 6.07) is 0.124. The second kappa shape index (κ2) is 3.20. The van der Waals surface area contributed by atoms with Crippen LogP contribution in [0.15, 0.2) is 12.7 Å². The van der Waals surface area contributed by atoms with Crippen molar-refractivity contribution in [1.29, 1.82) is 0 Å². The molecule has 1 aliphatic heterocycles. The first-order chi connectivity index (χ1) is 6.69. The molecule has 1 heterocycles. The Hall–Kier alpha value is -1.16. The molecule has 2 aliphatic rings. The molecule has 4 heteroatoms. The van der Waals surface area contributed by atoms with Crippen molar-refractivity contribution < 1.29 is 9.59 Å². The highest BCUT2D eigenvalue weighted by Crippen LogP contribution is 2.34. The van der Waals surface area contributed by atoms with Crippen LogP contribution in [0.25, 0.3) is 0 Å². The minimum Gasteiger partial charge on any atom is -0.338 e. The molecule has 0 spiro atoms. The van der Waals surface area contributed by atoms with E-state index in [2.05, 4.69) is 17.2 Å². The number of ketones is 1. The molecule has 0 aromatic heterocycles. The van der Waals surface area contributed by atoms with Crippen LogP contribution >= 0.6 is 0 Å². The van der Waals surface area contributed by atoms with Gasteiger partial charge in [-0.15, -0.1) is 0 Å². The van der Waals surface area contributed by atoms with Crippen molar-refractivity contribution in [3.63, 3.8) is 0 Å². The molecule has 1 amide bonds. The maximum atomic E-state index is 11.7. The fraction of sp³-hybridized carbons (Fsp3) is 0.600. The van der Waals surface area contributed by atoms with Gasteiger partial charge in [0.25, 0.3) is 0 Å². The fourth-order valence-corrected chi connectivity index (χ4v) is 2.48. The number of hydrogen-bond donors (Lipinski definition) is 2. The second-order valence-corrected chi connectivity index (χ2v) is 3.91. The fourth-order valence-electron chi connectivity index (χ4n) is 2.48. The maximum Gasteiger partial charge on any atom is 0.244 e. The zero-order valence-electron chi connectivity index (χ0n) is 8.01. The molecule has 0 radical (unpaired) electrons. The Labute approximate surface area is 82.7 Å². The lowest BCUT2D eigenvalue weighted by Crippen LogP contribution is -2.56. The van der Waals surface area contributed by atoms with Gasteiger partial charge in [-0.3, -0.25) is 9.59 Å². The Morgan fingerprint density at radius 2 is 2.50 bits per heavy atom. The molecule has 2 fully saturated rings. The molecule has 4 nitrogen and oxygen atoms in total. The van der Waals surface area contributed by atoms with E-state index < -0.39 is 5.54 Å². The minimum atomic E-state index is -0.634. The molecule has 1 aliphatic carbocycles. The van der Waals surface area contributed by atoms with Crippen molar-refractivity contribution in [2.75, 3.05) is 6.54 Å². The minimum absolute atomic E-state index is 0.107. The van der Waals surface area contributed by atoms with Gasteiger partial charge < -0.3 is 10.6 Å². The molecular weight excluding hydrogens is 180 g/mol. The monoisotopic (exact) mass is 194 g/mol. The third-order valence-corrected chi connectivity index (χ3v) is 3.20. The summed E-state index contributed by atoms with van der Waals surface area (Å²) in [6.07, 6.45) is 3.92.